The molecule has 4 nitrogen and oxygen atoms in total. The molecule has 2 rings (SSSR count). The lowest BCUT2D eigenvalue weighted by Crippen LogP contribution is -2.57. The second kappa shape index (κ2) is 4.03. The van der Waals surface area contributed by atoms with Crippen LogP contribution in [0.5, 0.6) is 0 Å². The quantitative estimate of drug-likeness (QED) is 0.762. The molecule has 2 aliphatic rings. The highest BCUT2D eigenvalue weighted by Crippen LogP contribution is 2.29. The molecule has 0 aromatic carbocycles. The minimum Gasteiger partial charge on any atom is -0.359 e. The predicted molar refractivity (Wildman–Crippen MR) is 58.4 cm³/mol. The molecule has 2 saturated heterocycles. The Labute approximate surface area is 91.3 Å². The third-order valence-electron chi connectivity index (χ3n) is 3.22. The molecular formula is C10H19NO3S. The summed E-state index contributed by atoms with van der Waals surface area (Å²) >= 11 is 0. The van der Waals surface area contributed by atoms with E-state index < -0.39 is 15.6 Å². The largest absolute Gasteiger partial charge is 0.359 e. The van der Waals surface area contributed by atoms with Gasteiger partial charge < -0.3 is 4.74 Å². The fourth-order valence-corrected chi connectivity index (χ4v) is 4.30. The zero-order valence-electron chi connectivity index (χ0n) is 9.16. The summed E-state index contributed by atoms with van der Waals surface area (Å²) in [6, 6.07) is 0.428. The van der Waals surface area contributed by atoms with Crippen LogP contribution in [0, 0.1) is 0 Å². The van der Waals surface area contributed by atoms with Crippen LogP contribution in [0.1, 0.15) is 32.6 Å². The van der Waals surface area contributed by atoms with Crippen LogP contribution in [0.2, 0.25) is 0 Å². The molecule has 1 spiro atoms. The zero-order valence-corrected chi connectivity index (χ0v) is 9.98. The average molecular weight is 233 g/mol. The topological polar surface area (TPSA) is 55.4 Å². The van der Waals surface area contributed by atoms with E-state index in [-0.39, 0.29) is 11.5 Å². The zero-order chi connectivity index (χ0) is 10.9. The van der Waals surface area contributed by atoms with Gasteiger partial charge in [0.1, 0.15) is 5.72 Å². The van der Waals surface area contributed by atoms with E-state index in [1.165, 1.54) is 0 Å². The van der Waals surface area contributed by atoms with Crippen LogP contribution >= 0.6 is 0 Å². The Balaban J connectivity index is 2.03. The van der Waals surface area contributed by atoms with Gasteiger partial charge in [0.05, 0.1) is 18.1 Å². The molecule has 2 aliphatic heterocycles. The summed E-state index contributed by atoms with van der Waals surface area (Å²) in [4.78, 5) is 0. The minimum atomic E-state index is -2.88. The van der Waals surface area contributed by atoms with Gasteiger partial charge in [-0.05, 0) is 12.8 Å². The Hall–Kier alpha value is -0.130. The van der Waals surface area contributed by atoms with Gasteiger partial charge in [0.15, 0.2) is 9.84 Å². The van der Waals surface area contributed by atoms with Gasteiger partial charge in [-0.15, -0.1) is 0 Å². The molecule has 0 aromatic heterocycles. The van der Waals surface area contributed by atoms with Gasteiger partial charge >= 0.3 is 0 Å². The normalized spacial score (nSPS) is 39.7. The Morgan fingerprint density at radius 3 is 2.93 bits per heavy atom. The van der Waals surface area contributed by atoms with Gasteiger partial charge in [0, 0.05) is 12.5 Å². The molecule has 0 amide bonds. The molecule has 2 fully saturated rings. The maximum atomic E-state index is 11.4. The molecule has 0 radical (unpaired) electrons. The number of nitrogens with one attached hydrogen (secondary N) is 1. The Bertz CT molecular complexity index is 326. The minimum absolute atomic E-state index is 0.153. The first-order chi connectivity index (χ1) is 7.05. The van der Waals surface area contributed by atoms with Crippen molar-refractivity contribution >= 4 is 9.84 Å². The smallest absolute Gasteiger partial charge is 0.154 e. The first-order valence-corrected chi connectivity index (χ1v) is 7.49. The van der Waals surface area contributed by atoms with Gasteiger partial charge in [0.2, 0.25) is 0 Å². The molecule has 15 heavy (non-hydrogen) atoms. The molecule has 0 bridgehead atoms. The molecule has 1 N–H and O–H groups in total. The van der Waals surface area contributed by atoms with E-state index in [0.29, 0.717) is 19.1 Å². The number of hydrogen-bond donors (Lipinski definition) is 1. The van der Waals surface area contributed by atoms with E-state index in [1.807, 2.05) is 0 Å². The van der Waals surface area contributed by atoms with E-state index in [9.17, 15) is 8.42 Å². The Morgan fingerprint density at radius 1 is 1.53 bits per heavy atom. The lowest BCUT2D eigenvalue weighted by molar-refractivity contribution is -0.0928. The van der Waals surface area contributed by atoms with E-state index in [0.717, 1.165) is 19.3 Å². The van der Waals surface area contributed by atoms with E-state index in [4.69, 9.17) is 4.74 Å². The molecule has 0 aromatic rings. The second-order valence-corrected chi connectivity index (χ2v) is 6.79. The monoisotopic (exact) mass is 233 g/mol. The van der Waals surface area contributed by atoms with Crippen molar-refractivity contribution in [2.75, 3.05) is 18.1 Å². The summed E-state index contributed by atoms with van der Waals surface area (Å²) < 4.78 is 28.5. The maximum absolute atomic E-state index is 11.4. The van der Waals surface area contributed by atoms with Crippen LogP contribution in [0.4, 0.5) is 0 Å². The molecule has 88 valence electrons. The number of hydrogen-bond acceptors (Lipinski definition) is 4. The predicted octanol–water partition coefficient (Wildman–Crippen LogP) is 0.680. The van der Waals surface area contributed by atoms with Gasteiger partial charge in [0.25, 0.3) is 0 Å². The van der Waals surface area contributed by atoms with Crippen molar-refractivity contribution in [3.63, 3.8) is 0 Å². The maximum Gasteiger partial charge on any atom is 0.154 e. The third kappa shape index (κ3) is 2.52. The standard InChI is InChI=1S/C10H19NO3S/c1-2-3-9-4-6-14-10(11-9)5-7-15(12,13)8-10/h9,11H,2-8H2,1H3. The summed E-state index contributed by atoms with van der Waals surface area (Å²) in [5, 5.41) is 3.38. The number of rotatable bonds is 2. The first kappa shape index (κ1) is 11.4. The number of ether oxygens (including phenoxy) is 1. The molecule has 5 heteroatoms. The highest BCUT2D eigenvalue weighted by Gasteiger charge is 2.46. The van der Waals surface area contributed by atoms with Gasteiger partial charge in [-0.2, -0.15) is 0 Å². The van der Waals surface area contributed by atoms with Crippen molar-refractivity contribution in [3.8, 4) is 0 Å². The van der Waals surface area contributed by atoms with Crippen molar-refractivity contribution in [2.24, 2.45) is 0 Å². The van der Waals surface area contributed by atoms with Crippen LogP contribution in [-0.2, 0) is 14.6 Å². The summed E-state index contributed by atoms with van der Waals surface area (Å²) in [7, 11) is -2.88. The fourth-order valence-electron chi connectivity index (χ4n) is 2.49. The SMILES string of the molecule is CCCC1CCOC2(CCS(=O)(=O)C2)N1. The summed E-state index contributed by atoms with van der Waals surface area (Å²) in [5.41, 5.74) is -0.559. The van der Waals surface area contributed by atoms with E-state index in [1.54, 1.807) is 0 Å². The average Bonchev–Trinajstić information content (AvgIpc) is 2.42. The van der Waals surface area contributed by atoms with Gasteiger partial charge in [-0.3, -0.25) is 5.32 Å². The second-order valence-electron chi connectivity index (χ2n) is 4.60. The molecule has 2 unspecified atom stereocenters. The molecule has 2 heterocycles. The van der Waals surface area contributed by atoms with E-state index >= 15 is 0 Å². The lowest BCUT2D eigenvalue weighted by atomic mass is 10.0. The Kier molecular flexibility index (Phi) is 3.05. The highest BCUT2D eigenvalue weighted by molar-refractivity contribution is 7.91. The van der Waals surface area contributed by atoms with Gasteiger partial charge in [-0.25, -0.2) is 8.42 Å². The van der Waals surface area contributed by atoms with Crippen LogP contribution in [0.15, 0.2) is 0 Å². The molecule has 0 saturated carbocycles. The van der Waals surface area contributed by atoms with Gasteiger partial charge in [-0.1, -0.05) is 13.3 Å². The van der Waals surface area contributed by atoms with Crippen molar-refractivity contribution < 1.29 is 13.2 Å². The van der Waals surface area contributed by atoms with Crippen molar-refractivity contribution in [1.82, 2.24) is 5.32 Å². The number of sulfone groups is 1. The van der Waals surface area contributed by atoms with Crippen molar-refractivity contribution in [3.05, 3.63) is 0 Å². The molecular weight excluding hydrogens is 214 g/mol. The van der Waals surface area contributed by atoms with Crippen molar-refractivity contribution in [2.45, 2.75) is 44.4 Å². The fraction of sp³-hybridized carbons (Fsp3) is 1.00. The van der Waals surface area contributed by atoms with Crippen LogP contribution < -0.4 is 5.32 Å². The Morgan fingerprint density at radius 2 is 2.33 bits per heavy atom. The summed E-state index contributed by atoms with van der Waals surface area (Å²) in [6.07, 6.45) is 3.83. The van der Waals surface area contributed by atoms with Crippen molar-refractivity contribution in [1.29, 1.82) is 0 Å². The third-order valence-corrected chi connectivity index (χ3v) is 4.95. The summed E-state index contributed by atoms with van der Waals surface area (Å²) in [5.74, 6) is 0.416. The highest BCUT2D eigenvalue weighted by atomic mass is 32.2. The molecule has 2 atom stereocenters. The van der Waals surface area contributed by atoms with Crippen LogP contribution in [0.25, 0.3) is 0 Å². The summed E-state index contributed by atoms with van der Waals surface area (Å²) in [6.45, 7) is 2.84. The van der Waals surface area contributed by atoms with E-state index in [2.05, 4.69) is 12.2 Å². The van der Waals surface area contributed by atoms with Crippen LogP contribution in [0.3, 0.4) is 0 Å². The lowest BCUT2D eigenvalue weighted by Gasteiger charge is -2.38. The molecule has 0 aliphatic carbocycles. The first-order valence-electron chi connectivity index (χ1n) is 5.67. The van der Waals surface area contributed by atoms with Crippen LogP contribution in [-0.4, -0.2) is 38.3 Å².